The van der Waals surface area contributed by atoms with Crippen LogP contribution in [0.3, 0.4) is 0 Å². The quantitative estimate of drug-likeness (QED) is 0.750. The van der Waals surface area contributed by atoms with Crippen molar-refractivity contribution in [1.29, 1.82) is 5.41 Å². The monoisotopic (exact) mass is 420 g/mol. The second-order valence-electron chi connectivity index (χ2n) is 8.91. The number of nitrogens with one attached hydrogen (secondary N) is 1. The molecule has 31 heavy (non-hydrogen) atoms. The molecule has 0 saturated heterocycles. The number of ketones is 1. The van der Waals surface area contributed by atoms with Gasteiger partial charge in [-0.2, -0.15) is 0 Å². The normalized spacial score (nSPS) is 16.0. The number of hydrogen-bond acceptors (Lipinski definition) is 5. The number of Topliss-reactive ketones (excluding diaryl/α,β-unsaturated/α-hetero) is 1. The van der Waals surface area contributed by atoms with Crippen LogP contribution in [0.1, 0.15) is 60.6 Å². The maximum Gasteiger partial charge on any atom is 0.223 e. The van der Waals surface area contributed by atoms with E-state index >= 15 is 0 Å². The minimum Gasteiger partial charge on any atom is -0.490 e. The fourth-order valence-corrected chi connectivity index (χ4v) is 4.07. The highest BCUT2D eigenvalue weighted by Gasteiger charge is 2.36. The van der Waals surface area contributed by atoms with Crippen LogP contribution in [-0.4, -0.2) is 47.6 Å². The summed E-state index contributed by atoms with van der Waals surface area (Å²) in [4.78, 5) is 33.1. The van der Waals surface area contributed by atoms with E-state index < -0.39 is 0 Å². The molecule has 0 spiro atoms. The average Bonchev–Trinajstić information content (AvgIpc) is 3.22. The number of pyridine rings is 1. The second kappa shape index (κ2) is 7.48. The largest absolute Gasteiger partial charge is 0.490 e. The average molecular weight is 421 g/mol. The molecule has 0 bridgehead atoms. The number of aryl methyl sites for hydroxylation is 1. The van der Waals surface area contributed by atoms with Crippen LogP contribution in [-0.2, 0) is 23.2 Å². The van der Waals surface area contributed by atoms with Crippen molar-refractivity contribution >= 4 is 23.2 Å². The third-order valence-electron chi connectivity index (χ3n) is 6.17. The Balaban J connectivity index is 1.64. The van der Waals surface area contributed by atoms with Gasteiger partial charge in [0.2, 0.25) is 5.91 Å². The molecule has 7 nitrogen and oxygen atoms in total. The Bertz CT molecular complexity index is 1110. The smallest absolute Gasteiger partial charge is 0.223 e. The number of rotatable bonds is 5. The first-order chi connectivity index (χ1) is 14.6. The summed E-state index contributed by atoms with van der Waals surface area (Å²) in [6.07, 6.45) is 0.804. The molecule has 2 aromatic rings. The molecular formula is C24H28N4O3. The second-order valence-corrected chi connectivity index (χ2v) is 8.91. The number of amides is 1. The number of carbonyl (C=O) groups is 2. The lowest BCUT2D eigenvalue weighted by atomic mass is 9.85. The van der Waals surface area contributed by atoms with Gasteiger partial charge in [-0.05, 0) is 24.6 Å². The Morgan fingerprint density at radius 1 is 1.29 bits per heavy atom. The third kappa shape index (κ3) is 3.58. The predicted molar refractivity (Wildman–Crippen MR) is 119 cm³/mol. The lowest BCUT2D eigenvalue weighted by molar-refractivity contribution is -0.116. The van der Waals surface area contributed by atoms with Gasteiger partial charge in [-0.15, -0.1) is 0 Å². The van der Waals surface area contributed by atoms with Gasteiger partial charge in [0.05, 0.1) is 18.8 Å². The van der Waals surface area contributed by atoms with Crippen molar-refractivity contribution in [2.45, 2.75) is 46.1 Å². The highest BCUT2D eigenvalue weighted by Crippen LogP contribution is 2.45. The molecular weight excluding hydrogens is 392 g/mol. The zero-order valence-electron chi connectivity index (χ0n) is 18.7. The van der Waals surface area contributed by atoms with Gasteiger partial charge in [0.1, 0.15) is 17.3 Å². The maximum absolute atomic E-state index is 13.3. The zero-order valence-corrected chi connectivity index (χ0v) is 18.7. The first kappa shape index (κ1) is 21.0. The van der Waals surface area contributed by atoms with Gasteiger partial charge in [-0.3, -0.25) is 15.0 Å². The first-order valence-corrected chi connectivity index (χ1v) is 10.5. The molecule has 7 heteroatoms. The summed E-state index contributed by atoms with van der Waals surface area (Å²) < 4.78 is 5.91. The number of fused-ring (bicyclic) bond motifs is 2. The Morgan fingerprint density at radius 2 is 2.03 bits per heavy atom. The number of ether oxygens (including phenoxy) is 1. The lowest BCUT2D eigenvalue weighted by Gasteiger charge is -2.22. The summed E-state index contributed by atoms with van der Waals surface area (Å²) in [5, 5.41) is 8.51. The minimum atomic E-state index is -0.255. The molecule has 0 fully saturated rings. The number of benzene rings is 1. The summed E-state index contributed by atoms with van der Waals surface area (Å²) in [7, 11) is 1.69. The van der Waals surface area contributed by atoms with E-state index in [2.05, 4.69) is 18.8 Å². The third-order valence-corrected chi connectivity index (χ3v) is 6.17. The molecule has 2 aliphatic heterocycles. The minimum absolute atomic E-state index is 0.0833. The van der Waals surface area contributed by atoms with Crippen LogP contribution >= 0.6 is 0 Å². The number of anilines is 1. The standard InChI is InChI=1S/C24H28N4O3/c1-6-17-8-7-15-11-28(23(25)21(15)26-17)12-20(30)16-9-18-22(31-13-24(18,3)4)19(10-16)27(5)14(2)29/h7-10,25H,6,11-13H2,1-5H3. The van der Waals surface area contributed by atoms with Crippen LogP contribution in [0, 0.1) is 5.41 Å². The number of nitrogens with zero attached hydrogens (tertiary/aromatic N) is 3. The highest BCUT2D eigenvalue weighted by molar-refractivity contribution is 6.05. The van der Waals surface area contributed by atoms with Crippen molar-refractivity contribution in [2.24, 2.45) is 0 Å². The van der Waals surface area contributed by atoms with E-state index in [0.29, 0.717) is 35.8 Å². The van der Waals surface area contributed by atoms with Crippen molar-refractivity contribution in [3.05, 3.63) is 52.3 Å². The SMILES string of the molecule is CCc1ccc2c(n1)C(=N)N(CC(=O)c1cc(N(C)C(C)=O)c3c(c1)C(C)(C)CO3)C2. The van der Waals surface area contributed by atoms with Gasteiger partial charge in [0.25, 0.3) is 0 Å². The molecule has 1 aromatic carbocycles. The Morgan fingerprint density at radius 3 is 2.71 bits per heavy atom. The molecule has 3 heterocycles. The van der Waals surface area contributed by atoms with E-state index in [-0.39, 0.29) is 29.5 Å². The van der Waals surface area contributed by atoms with E-state index in [1.165, 1.54) is 11.8 Å². The molecule has 1 N–H and O–H groups in total. The molecule has 1 amide bonds. The number of carbonyl (C=O) groups excluding carboxylic acids is 2. The van der Waals surface area contributed by atoms with E-state index in [0.717, 1.165) is 23.2 Å². The lowest BCUT2D eigenvalue weighted by Crippen LogP contribution is -2.31. The summed E-state index contributed by atoms with van der Waals surface area (Å²) in [5.41, 5.74) is 4.36. The first-order valence-electron chi connectivity index (χ1n) is 10.5. The molecule has 0 aliphatic carbocycles. The van der Waals surface area contributed by atoms with Gasteiger partial charge < -0.3 is 14.5 Å². The topological polar surface area (TPSA) is 86.6 Å². The maximum atomic E-state index is 13.3. The molecule has 0 unspecified atom stereocenters. The van der Waals surface area contributed by atoms with E-state index in [9.17, 15) is 9.59 Å². The van der Waals surface area contributed by atoms with Crippen molar-refractivity contribution in [3.63, 3.8) is 0 Å². The van der Waals surface area contributed by atoms with Gasteiger partial charge >= 0.3 is 0 Å². The van der Waals surface area contributed by atoms with Crippen LogP contribution in [0.2, 0.25) is 0 Å². The Labute approximate surface area is 182 Å². The summed E-state index contributed by atoms with van der Waals surface area (Å²) in [6, 6.07) is 7.58. The zero-order chi connectivity index (χ0) is 22.5. The molecule has 2 aliphatic rings. The summed E-state index contributed by atoms with van der Waals surface area (Å²) in [6.45, 7) is 8.72. The molecule has 0 radical (unpaired) electrons. The van der Waals surface area contributed by atoms with E-state index in [1.54, 1.807) is 18.0 Å². The molecule has 0 atom stereocenters. The predicted octanol–water partition coefficient (Wildman–Crippen LogP) is 3.32. The van der Waals surface area contributed by atoms with E-state index in [1.807, 2.05) is 25.1 Å². The van der Waals surface area contributed by atoms with Gasteiger partial charge in [-0.25, -0.2) is 4.98 Å². The summed E-state index contributed by atoms with van der Waals surface area (Å²) >= 11 is 0. The fraction of sp³-hybridized carbons (Fsp3) is 0.417. The van der Waals surface area contributed by atoms with E-state index in [4.69, 9.17) is 10.1 Å². The highest BCUT2D eigenvalue weighted by atomic mass is 16.5. The van der Waals surface area contributed by atoms with Crippen molar-refractivity contribution in [3.8, 4) is 5.75 Å². The van der Waals surface area contributed by atoms with Crippen molar-refractivity contribution in [2.75, 3.05) is 25.1 Å². The fourth-order valence-electron chi connectivity index (χ4n) is 4.07. The van der Waals surface area contributed by atoms with Crippen LogP contribution in [0.5, 0.6) is 5.75 Å². The molecule has 1 aromatic heterocycles. The number of hydrogen-bond donors (Lipinski definition) is 1. The van der Waals surface area contributed by atoms with Crippen molar-refractivity contribution < 1.29 is 14.3 Å². The molecule has 0 saturated carbocycles. The van der Waals surface area contributed by atoms with Crippen LogP contribution < -0.4 is 9.64 Å². The van der Waals surface area contributed by atoms with Crippen molar-refractivity contribution in [1.82, 2.24) is 9.88 Å². The van der Waals surface area contributed by atoms with Crippen LogP contribution in [0.25, 0.3) is 0 Å². The Kier molecular flexibility index (Phi) is 5.07. The number of amidine groups is 1. The van der Waals surface area contributed by atoms with Gasteiger partial charge in [0.15, 0.2) is 5.78 Å². The van der Waals surface area contributed by atoms with Gasteiger partial charge in [0, 0.05) is 48.3 Å². The van der Waals surface area contributed by atoms with Crippen LogP contribution in [0.15, 0.2) is 24.3 Å². The Hall–Kier alpha value is -3.22. The van der Waals surface area contributed by atoms with Crippen LogP contribution in [0.4, 0.5) is 5.69 Å². The summed E-state index contributed by atoms with van der Waals surface area (Å²) in [5.74, 6) is 0.716. The molecule has 4 rings (SSSR count). The molecule has 162 valence electrons. The number of aromatic nitrogens is 1. The van der Waals surface area contributed by atoms with Gasteiger partial charge in [-0.1, -0.05) is 26.8 Å².